The van der Waals surface area contributed by atoms with Crippen LogP contribution in [0.25, 0.3) is 0 Å². The lowest BCUT2D eigenvalue weighted by Gasteiger charge is -2.34. The van der Waals surface area contributed by atoms with Gasteiger partial charge in [0.25, 0.3) is 0 Å². The number of rotatable bonds is 5. The summed E-state index contributed by atoms with van der Waals surface area (Å²) in [4.78, 5) is 11.3. The molecular formula is C22H29BrIN5. The number of aliphatic imine (C=N–C) groups is 1. The van der Waals surface area contributed by atoms with Gasteiger partial charge >= 0.3 is 0 Å². The molecule has 1 aliphatic heterocycles. The Balaban J connectivity index is 0.00000240. The molecule has 2 heterocycles. The van der Waals surface area contributed by atoms with Gasteiger partial charge in [-0.1, -0.05) is 40.2 Å². The van der Waals surface area contributed by atoms with Crippen LogP contribution in [0.1, 0.15) is 31.2 Å². The van der Waals surface area contributed by atoms with Gasteiger partial charge in [0.15, 0.2) is 5.96 Å². The number of nitrogens with zero attached hydrogens (tertiary/aromatic N) is 3. The first-order valence-corrected chi connectivity index (χ1v) is 10.9. The van der Waals surface area contributed by atoms with E-state index >= 15 is 0 Å². The number of piperidine rings is 1. The summed E-state index contributed by atoms with van der Waals surface area (Å²) in [6.45, 7) is 2.96. The summed E-state index contributed by atoms with van der Waals surface area (Å²) in [5.41, 5.74) is 1.64. The van der Waals surface area contributed by atoms with E-state index in [1.165, 1.54) is 22.9 Å². The van der Waals surface area contributed by atoms with Crippen LogP contribution in [0.15, 0.2) is 58.1 Å². The van der Waals surface area contributed by atoms with Gasteiger partial charge in [0.05, 0.1) is 0 Å². The topological polar surface area (TPSA) is 52.6 Å². The Labute approximate surface area is 198 Å². The smallest absolute Gasteiger partial charge is 0.191 e. The van der Waals surface area contributed by atoms with Crippen LogP contribution in [-0.4, -0.2) is 43.7 Å². The number of aromatic nitrogens is 1. The number of pyridine rings is 1. The number of guanidine groups is 1. The lowest BCUT2D eigenvalue weighted by molar-refractivity contribution is 0.458. The van der Waals surface area contributed by atoms with E-state index in [2.05, 4.69) is 77.8 Å². The lowest BCUT2D eigenvalue weighted by Crippen LogP contribution is -2.50. The van der Waals surface area contributed by atoms with Crippen molar-refractivity contribution in [2.45, 2.75) is 37.1 Å². The molecule has 1 aliphatic carbocycles. The minimum absolute atomic E-state index is 0. The van der Waals surface area contributed by atoms with E-state index in [9.17, 15) is 0 Å². The summed E-state index contributed by atoms with van der Waals surface area (Å²) in [7, 11) is 1.86. The first-order chi connectivity index (χ1) is 13.7. The van der Waals surface area contributed by atoms with E-state index in [0.717, 1.165) is 44.3 Å². The second-order valence-electron chi connectivity index (χ2n) is 7.78. The molecule has 2 aliphatic rings. The number of hydrogen-bond acceptors (Lipinski definition) is 3. The molecule has 2 N–H and O–H groups in total. The van der Waals surface area contributed by atoms with Gasteiger partial charge in [-0.25, -0.2) is 4.98 Å². The average molecular weight is 570 g/mol. The standard InChI is InChI=1S/C22H28BrN5.HI/c1-24-21(26-16-22(11-12-22)18-6-2-3-7-19(18)23)27-17-9-14-28(15-10-17)20-8-4-5-13-25-20;/h2-8,13,17H,9-12,14-16H2,1H3,(H2,24,26,27);1H. The van der Waals surface area contributed by atoms with Gasteiger partial charge in [0, 0.05) is 48.8 Å². The maximum atomic E-state index is 4.47. The molecule has 5 nitrogen and oxygen atoms in total. The van der Waals surface area contributed by atoms with Crippen LogP contribution in [0.4, 0.5) is 5.82 Å². The fourth-order valence-electron chi connectivity index (χ4n) is 4.02. The molecule has 29 heavy (non-hydrogen) atoms. The summed E-state index contributed by atoms with van der Waals surface area (Å²) in [5, 5.41) is 7.20. The van der Waals surface area contributed by atoms with Gasteiger partial charge in [-0.2, -0.15) is 0 Å². The Bertz CT molecular complexity index is 817. The molecule has 156 valence electrons. The van der Waals surface area contributed by atoms with Crippen LogP contribution in [-0.2, 0) is 5.41 Å². The highest BCUT2D eigenvalue weighted by molar-refractivity contribution is 14.0. The molecule has 0 amide bonds. The molecular weight excluding hydrogens is 541 g/mol. The Kier molecular flexibility index (Phi) is 7.79. The summed E-state index contributed by atoms with van der Waals surface area (Å²) in [6.07, 6.45) is 6.49. The van der Waals surface area contributed by atoms with Crippen molar-refractivity contribution < 1.29 is 0 Å². The third kappa shape index (κ3) is 5.42. The number of hydrogen-bond donors (Lipinski definition) is 2. The summed E-state index contributed by atoms with van der Waals surface area (Å²) >= 11 is 3.72. The van der Waals surface area contributed by atoms with Crippen LogP contribution in [0.5, 0.6) is 0 Å². The average Bonchev–Trinajstić information content (AvgIpc) is 3.53. The predicted molar refractivity (Wildman–Crippen MR) is 134 cm³/mol. The Morgan fingerprint density at radius 1 is 1.17 bits per heavy atom. The van der Waals surface area contributed by atoms with Gasteiger partial charge in [-0.3, -0.25) is 4.99 Å². The van der Waals surface area contributed by atoms with Crippen molar-refractivity contribution >= 4 is 51.7 Å². The van der Waals surface area contributed by atoms with E-state index in [0.29, 0.717) is 6.04 Å². The van der Waals surface area contributed by atoms with E-state index in [4.69, 9.17) is 0 Å². The third-order valence-electron chi connectivity index (χ3n) is 5.93. The monoisotopic (exact) mass is 569 g/mol. The number of anilines is 1. The van der Waals surface area contributed by atoms with Crippen LogP contribution in [0.3, 0.4) is 0 Å². The normalized spacial score (nSPS) is 18.7. The molecule has 1 aromatic carbocycles. The molecule has 1 aromatic heterocycles. The zero-order chi connectivity index (χ0) is 19.4. The van der Waals surface area contributed by atoms with Gasteiger partial charge < -0.3 is 15.5 Å². The molecule has 0 unspecified atom stereocenters. The SMILES string of the molecule is CN=C(NCC1(c2ccccc2Br)CC1)NC1CCN(c2ccccn2)CC1.I. The number of nitrogens with one attached hydrogen (secondary N) is 2. The maximum Gasteiger partial charge on any atom is 0.191 e. The van der Waals surface area contributed by atoms with Crippen molar-refractivity contribution in [1.82, 2.24) is 15.6 Å². The number of benzene rings is 1. The van der Waals surface area contributed by atoms with Gasteiger partial charge in [0.1, 0.15) is 5.82 Å². The van der Waals surface area contributed by atoms with Crippen molar-refractivity contribution in [3.8, 4) is 0 Å². The maximum absolute atomic E-state index is 4.47. The van der Waals surface area contributed by atoms with Gasteiger partial charge in [0.2, 0.25) is 0 Å². The molecule has 2 fully saturated rings. The quantitative estimate of drug-likeness (QED) is 0.320. The van der Waals surface area contributed by atoms with Crippen molar-refractivity contribution in [3.05, 3.63) is 58.7 Å². The van der Waals surface area contributed by atoms with Crippen LogP contribution in [0, 0.1) is 0 Å². The Hall–Kier alpha value is -1.35. The van der Waals surface area contributed by atoms with Crippen molar-refractivity contribution in [3.63, 3.8) is 0 Å². The number of halogens is 2. The Morgan fingerprint density at radius 2 is 1.90 bits per heavy atom. The fraction of sp³-hybridized carbons (Fsp3) is 0.455. The molecule has 0 radical (unpaired) electrons. The van der Waals surface area contributed by atoms with E-state index < -0.39 is 0 Å². The minimum Gasteiger partial charge on any atom is -0.356 e. The predicted octanol–water partition coefficient (Wildman–Crippen LogP) is 4.33. The molecule has 0 bridgehead atoms. The first-order valence-electron chi connectivity index (χ1n) is 10.1. The summed E-state index contributed by atoms with van der Waals surface area (Å²) in [6, 6.07) is 15.1. The highest BCUT2D eigenvalue weighted by atomic mass is 127. The van der Waals surface area contributed by atoms with Crippen LogP contribution in [0.2, 0.25) is 0 Å². The summed E-state index contributed by atoms with van der Waals surface area (Å²) < 4.78 is 1.21. The second-order valence-corrected chi connectivity index (χ2v) is 8.63. The fourth-order valence-corrected chi connectivity index (χ4v) is 4.72. The van der Waals surface area contributed by atoms with Crippen molar-refractivity contribution in [1.29, 1.82) is 0 Å². The van der Waals surface area contributed by atoms with Crippen molar-refractivity contribution in [2.75, 3.05) is 31.6 Å². The second kappa shape index (κ2) is 10.1. The molecule has 2 aromatic rings. The highest BCUT2D eigenvalue weighted by Gasteiger charge is 2.45. The molecule has 4 rings (SSSR count). The largest absolute Gasteiger partial charge is 0.356 e. The zero-order valence-electron chi connectivity index (χ0n) is 16.8. The molecule has 1 saturated carbocycles. The summed E-state index contributed by atoms with van der Waals surface area (Å²) in [5.74, 6) is 1.99. The first kappa shape index (κ1) is 22.3. The lowest BCUT2D eigenvalue weighted by atomic mass is 9.96. The minimum atomic E-state index is 0. The molecule has 1 saturated heterocycles. The molecule has 7 heteroatoms. The van der Waals surface area contributed by atoms with E-state index in [1.54, 1.807) is 0 Å². The van der Waals surface area contributed by atoms with Crippen LogP contribution >= 0.6 is 39.9 Å². The molecule has 0 spiro atoms. The van der Waals surface area contributed by atoms with Gasteiger partial charge in [-0.05, 0) is 49.4 Å². The Morgan fingerprint density at radius 3 is 2.52 bits per heavy atom. The van der Waals surface area contributed by atoms with Crippen LogP contribution < -0.4 is 15.5 Å². The van der Waals surface area contributed by atoms with Crippen molar-refractivity contribution in [2.24, 2.45) is 4.99 Å². The zero-order valence-corrected chi connectivity index (χ0v) is 20.7. The van der Waals surface area contributed by atoms with Gasteiger partial charge in [-0.15, -0.1) is 24.0 Å². The third-order valence-corrected chi connectivity index (χ3v) is 6.62. The van der Waals surface area contributed by atoms with E-state index in [1.807, 2.05) is 19.3 Å². The molecule has 0 atom stereocenters. The highest BCUT2D eigenvalue weighted by Crippen LogP contribution is 2.49. The van der Waals surface area contributed by atoms with E-state index in [-0.39, 0.29) is 29.4 Å².